The predicted octanol–water partition coefficient (Wildman–Crippen LogP) is 4.61. The minimum atomic E-state index is -0.0359. The van der Waals surface area contributed by atoms with Crippen LogP contribution in [0.25, 0.3) is 10.2 Å². The molecule has 0 aliphatic carbocycles. The summed E-state index contributed by atoms with van der Waals surface area (Å²) in [6.07, 6.45) is 2.97. The Kier molecular flexibility index (Phi) is 5.58. The molecule has 0 spiro atoms. The Morgan fingerprint density at radius 2 is 1.81 bits per heavy atom. The molecule has 1 aromatic carbocycles. The lowest BCUT2D eigenvalue weighted by molar-refractivity contribution is -0.116. The topological polar surface area (TPSA) is 67.8 Å². The summed E-state index contributed by atoms with van der Waals surface area (Å²) in [7, 11) is 0. The number of hydrogen-bond acceptors (Lipinski definition) is 6. The van der Waals surface area contributed by atoms with E-state index in [4.69, 9.17) is 0 Å². The highest BCUT2D eigenvalue weighted by Gasteiger charge is 2.13. The summed E-state index contributed by atoms with van der Waals surface area (Å²) in [5, 5.41) is 4.36. The molecule has 0 saturated carbocycles. The number of hydrogen-bond donors (Lipinski definition) is 1. The van der Waals surface area contributed by atoms with E-state index in [1.165, 1.54) is 28.7 Å². The fourth-order valence-corrected chi connectivity index (χ4v) is 4.52. The van der Waals surface area contributed by atoms with Crippen LogP contribution in [0.4, 0.5) is 5.13 Å². The largest absolute Gasteiger partial charge is 0.302 e. The number of rotatable bonds is 5. The number of amides is 1. The van der Waals surface area contributed by atoms with Gasteiger partial charge in [-0.2, -0.15) is 0 Å². The van der Waals surface area contributed by atoms with Crippen molar-refractivity contribution in [2.24, 2.45) is 0 Å². The molecule has 0 unspecified atom stereocenters. The van der Waals surface area contributed by atoms with Gasteiger partial charge >= 0.3 is 0 Å². The van der Waals surface area contributed by atoms with Crippen molar-refractivity contribution in [2.45, 2.75) is 45.7 Å². The minimum absolute atomic E-state index is 0.0359. The third kappa shape index (κ3) is 4.04. The number of benzene rings is 1. The van der Waals surface area contributed by atoms with Crippen LogP contribution >= 0.6 is 23.1 Å². The molecule has 0 saturated heterocycles. The van der Waals surface area contributed by atoms with Crippen molar-refractivity contribution >= 4 is 44.4 Å². The van der Waals surface area contributed by atoms with Crippen molar-refractivity contribution in [1.82, 2.24) is 15.0 Å². The molecule has 2 aromatic heterocycles. The lowest BCUT2D eigenvalue weighted by Gasteiger charge is -2.09. The molecule has 0 fully saturated rings. The van der Waals surface area contributed by atoms with Gasteiger partial charge in [-0.3, -0.25) is 4.79 Å². The van der Waals surface area contributed by atoms with Gasteiger partial charge in [-0.15, -0.1) is 0 Å². The van der Waals surface area contributed by atoms with E-state index < -0.39 is 0 Å². The van der Waals surface area contributed by atoms with Crippen LogP contribution in [-0.4, -0.2) is 27.1 Å². The molecule has 2 heterocycles. The lowest BCUT2D eigenvalue weighted by atomic mass is 10.1. The second kappa shape index (κ2) is 7.72. The number of thiazole rings is 1. The standard InChI is InChI=1S/C19H22N4OS2/c1-10-8-11(2)17-15(9-10)26-19(23-17)22-16(24)7-6-14-12(3)20-18(25-5)21-13(14)4/h8-9H,6-7H2,1-5H3,(H,22,23,24). The van der Waals surface area contributed by atoms with Gasteiger partial charge in [-0.25, -0.2) is 15.0 Å². The van der Waals surface area contributed by atoms with Crippen LogP contribution in [0.3, 0.4) is 0 Å². The fourth-order valence-electron chi connectivity index (χ4n) is 3.01. The molecule has 3 rings (SSSR count). The molecular weight excluding hydrogens is 364 g/mol. The van der Waals surface area contributed by atoms with Crippen LogP contribution in [0.2, 0.25) is 0 Å². The number of anilines is 1. The summed E-state index contributed by atoms with van der Waals surface area (Å²) in [5.74, 6) is -0.0359. The van der Waals surface area contributed by atoms with Crippen molar-refractivity contribution in [3.63, 3.8) is 0 Å². The molecule has 0 aliphatic heterocycles. The monoisotopic (exact) mass is 386 g/mol. The molecule has 0 aliphatic rings. The highest BCUT2D eigenvalue weighted by molar-refractivity contribution is 7.98. The van der Waals surface area contributed by atoms with E-state index in [0.717, 1.165) is 37.9 Å². The van der Waals surface area contributed by atoms with Gasteiger partial charge in [0.15, 0.2) is 10.3 Å². The van der Waals surface area contributed by atoms with Crippen LogP contribution in [0.5, 0.6) is 0 Å². The number of nitrogens with one attached hydrogen (secondary N) is 1. The highest BCUT2D eigenvalue weighted by atomic mass is 32.2. The van der Waals surface area contributed by atoms with E-state index in [0.29, 0.717) is 18.0 Å². The van der Waals surface area contributed by atoms with Crippen molar-refractivity contribution in [3.8, 4) is 0 Å². The Bertz CT molecular complexity index is 958. The molecule has 3 aromatic rings. The van der Waals surface area contributed by atoms with Crippen molar-refractivity contribution < 1.29 is 4.79 Å². The molecule has 26 heavy (non-hydrogen) atoms. The van der Waals surface area contributed by atoms with Gasteiger partial charge in [0.1, 0.15) is 0 Å². The van der Waals surface area contributed by atoms with Gasteiger partial charge < -0.3 is 5.32 Å². The number of carbonyl (C=O) groups excluding carboxylic acids is 1. The van der Waals surface area contributed by atoms with Gasteiger partial charge in [0.25, 0.3) is 0 Å². The first kappa shape index (κ1) is 18.8. The Morgan fingerprint density at radius 3 is 2.46 bits per heavy atom. The number of carbonyl (C=O) groups is 1. The molecule has 5 nitrogen and oxygen atoms in total. The Labute approximate surface area is 161 Å². The van der Waals surface area contributed by atoms with E-state index in [1.54, 1.807) is 0 Å². The van der Waals surface area contributed by atoms with Gasteiger partial charge in [-0.05, 0) is 63.1 Å². The summed E-state index contributed by atoms with van der Waals surface area (Å²) >= 11 is 3.04. The summed E-state index contributed by atoms with van der Waals surface area (Å²) in [4.78, 5) is 25.9. The summed E-state index contributed by atoms with van der Waals surface area (Å²) < 4.78 is 1.10. The van der Waals surface area contributed by atoms with Crippen molar-refractivity contribution in [1.29, 1.82) is 0 Å². The molecule has 136 valence electrons. The smallest absolute Gasteiger partial charge is 0.226 e. The van der Waals surface area contributed by atoms with Crippen LogP contribution in [0.1, 0.15) is 34.5 Å². The van der Waals surface area contributed by atoms with Gasteiger partial charge in [0, 0.05) is 17.8 Å². The second-order valence-corrected chi connectivity index (χ2v) is 8.16. The number of aryl methyl sites for hydroxylation is 4. The van der Waals surface area contributed by atoms with Crippen LogP contribution in [0.15, 0.2) is 17.3 Å². The number of fused-ring (bicyclic) bond motifs is 1. The van der Waals surface area contributed by atoms with Gasteiger partial charge in [0.2, 0.25) is 5.91 Å². The van der Waals surface area contributed by atoms with Crippen LogP contribution < -0.4 is 5.32 Å². The van der Waals surface area contributed by atoms with Crippen LogP contribution in [0, 0.1) is 27.7 Å². The van der Waals surface area contributed by atoms with E-state index >= 15 is 0 Å². The minimum Gasteiger partial charge on any atom is -0.302 e. The lowest BCUT2D eigenvalue weighted by Crippen LogP contribution is -2.13. The highest BCUT2D eigenvalue weighted by Crippen LogP contribution is 2.29. The molecule has 0 atom stereocenters. The molecule has 7 heteroatoms. The Morgan fingerprint density at radius 1 is 1.12 bits per heavy atom. The number of thioether (sulfide) groups is 1. The SMILES string of the molecule is CSc1nc(C)c(CCC(=O)Nc2nc3c(C)cc(C)cc3s2)c(C)n1. The number of aromatic nitrogens is 3. The van der Waals surface area contributed by atoms with E-state index in [9.17, 15) is 4.79 Å². The van der Waals surface area contributed by atoms with E-state index in [-0.39, 0.29) is 5.91 Å². The first-order valence-electron chi connectivity index (χ1n) is 8.43. The summed E-state index contributed by atoms with van der Waals surface area (Å²) in [6, 6.07) is 4.21. The average molecular weight is 387 g/mol. The Hall–Kier alpha value is -1.99. The first-order chi connectivity index (χ1) is 12.4. The van der Waals surface area contributed by atoms with Crippen molar-refractivity contribution in [2.75, 3.05) is 11.6 Å². The Balaban J connectivity index is 1.69. The van der Waals surface area contributed by atoms with Crippen molar-refractivity contribution in [3.05, 3.63) is 40.2 Å². The maximum Gasteiger partial charge on any atom is 0.226 e. The van der Waals surface area contributed by atoms with E-state index in [1.807, 2.05) is 27.0 Å². The third-order valence-corrected chi connectivity index (χ3v) is 5.73. The first-order valence-corrected chi connectivity index (χ1v) is 10.5. The normalized spacial score (nSPS) is 11.1. The van der Waals surface area contributed by atoms with E-state index in [2.05, 4.69) is 39.3 Å². The van der Waals surface area contributed by atoms with Gasteiger partial charge in [-0.1, -0.05) is 29.2 Å². The zero-order valence-electron chi connectivity index (χ0n) is 15.6. The zero-order valence-corrected chi connectivity index (χ0v) is 17.3. The maximum absolute atomic E-state index is 12.4. The molecule has 0 radical (unpaired) electrons. The van der Waals surface area contributed by atoms with Crippen LogP contribution in [-0.2, 0) is 11.2 Å². The average Bonchev–Trinajstić information content (AvgIpc) is 2.96. The molecule has 1 amide bonds. The van der Waals surface area contributed by atoms with Gasteiger partial charge in [0.05, 0.1) is 10.2 Å². The fraction of sp³-hybridized carbons (Fsp3) is 0.368. The summed E-state index contributed by atoms with van der Waals surface area (Å²) in [5.41, 5.74) is 6.24. The molecule has 0 bridgehead atoms. The molecular formula is C19H22N4OS2. The quantitative estimate of drug-likeness (QED) is 0.512. The maximum atomic E-state index is 12.4. The predicted molar refractivity (Wildman–Crippen MR) is 109 cm³/mol. The summed E-state index contributed by atoms with van der Waals surface area (Å²) in [6.45, 7) is 8.06. The third-order valence-electron chi connectivity index (χ3n) is 4.26. The second-order valence-electron chi connectivity index (χ2n) is 6.36. The zero-order chi connectivity index (χ0) is 18.8. The number of nitrogens with zero attached hydrogens (tertiary/aromatic N) is 3. The molecule has 1 N–H and O–H groups in total.